The number of nitrogens with one attached hydrogen (secondary N) is 1. The Morgan fingerprint density at radius 3 is 2.45 bits per heavy atom. The van der Waals surface area contributed by atoms with Gasteiger partial charge in [0.1, 0.15) is 17.2 Å². The Morgan fingerprint density at radius 2 is 1.86 bits per heavy atom. The summed E-state index contributed by atoms with van der Waals surface area (Å²) in [4.78, 5) is 12.7. The SMILES string of the molecule is CCNC(=O)c1ccc(-c2cc(C(C)C)c(OC)cc2O)n1-c1ccc(N)cc1. The van der Waals surface area contributed by atoms with Gasteiger partial charge in [-0.2, -0.15) is 0 Å². The number of hydrogen-bond donors (Lipinski definition) is 3. The molecule has 0 atom stereocenters. The van der Waals surface area contributed by atoms with Crippen LogP contribution in [0.4, 0.5) is 5.69 Å². The lowest BCUT2D eigenvalue weighted by Crippen LogP contribution is -2.25. The average Bonchev–Trinajstić information content (AvgIpc) is 3.13. The third-order valence-electron chi connectivity index (χ3n) is 4.85. The maximum atomic E-state index is 12.7. The number of benzene rings is 2. The van der Waals surface area contributed by atoms with E-state index in [0.717, 1.165) is 11.3 Å². The maximum Gasteiger partial charge on any atom is 0.268 e. The highest BCUT2D eigenvalue weighted by Gasteiger charge is 2.21. The van der Waals surface area contributed by atoms with Gasteiger partial charge in [-0.1, -0.05) is 13.8 Å². The molecule has 1 heterocycles. The highest BCUT2D eigenvalue weighted by atomic mass is 16.5. The van der Waals surface area contributed by atoms with Crippen LogP contribution in [0.1, 0.15) is 42.7 Å². The number of anilines is 1. The summed E-state index contributed by atoms with van der Waals surface area (Å²) in [7, 11) is 1.59. The van der Waals surface area contributed by atoms with Crippen molar-refractivity contribution in [2.45, 2.75) is 26.7 Å². The lowest BCUT2D eigenvalue weighted by atomic mass is 9.97. The smallest absolute Gasteiger partial charge is 0.268 e. The topological polar surface area (TPSA) is 89.5 Å². The number of carbonyl (C=O) groups excluding carboxylic acids is 1. The van der Waals surface area contributed by atoms with Crippen LogP contribution in [-0.2, 0) is 0 Å². The second kappa shape index (κ2) is 8.31. The Balaban J connectivity index is 2.26. The molecule has 0 bridgehead atoms. The van der Waals surface area contributed by atoms with Gasteiger partial charge in [-0.3, -0.25) is 4.79 Å². The molecule has 1 aromatic heterocycles. The minimum Gasteiger partial charge on any atom is -0.507 e. The lowest BCUT2D eigenvalue weighted by Gasteiger charge is -2.18. The summed E-state index contributed by atoms with van der Waals surface area (Å²) in [5.41, 5.74) is 10.0. The molecule has 0 fully saturated rings. The molecule has 2 aromatic carbocycles. The number of amides is 1. The molecule has 3 rings (SSSR count). The maximum absolute atomic E-state index is 12.7. The molecule has 29 heavy (non-hydrogen) atoms. The van der Waals surface area contributed by atoms with Crippen LogP contribution < -0.4 is 15.8 Å². The Morgan fingerprint density at radius 1 is 1.17 bits per heavy atom. The molecule has 0 radical (unpaired) electrons. The van der Waals surface area contributed by atoms with Crippen molar-refractivity contribution in [3.63, 3.8) is 0 Å². The van der Waals surface area contributed by atoms with E-state index in [1.54, 1.807) is 31.4 Å². The fraction of sp³-hybridized carbons (Fsp3) is 0.261. The van der Waals surface area contributed by atoms with Crippen LogP contribution in [0.25, 0.3) is 16.9 Å². The number of methoxy groups -OCH3 is 1. The number of phenols is 1. The van der Waals surface area contributed by atoms with Crippen molar-refractivity contribution in [3.05, 3.63) is 59.8 Å². The van der Waals surface area contributed by atoms with E-state index in [2.05, 4.69) is 19.2 Å². The van der Waals surface area contributed by atoms with Gasteiger partial charge in [-0.25, -0.2) is 0 Å². The summed E-state index contributed by atoms with van der Waals surface area (Å²) in [5.74, 6) is 0.735. The normalized spacial score (nSPS) is 10.9. The highest BCUT2D eigenvalue weighted by molar-refractivity contribution is 5.95. The number of nitrogen functional groups attached to an aromatic ring is 1. The van der Waals surface area contributed by atoms with Gasteiger partial charge in [-0.15, -0.1) is 0 Å². The number of phenolic OH excluding ortho intramolecular Hbond substituents is 1. The molecule has 0 aliphatic rings. The van der Waals surface area contributed by atoms with E-state index in [9.17, 15) is 9.90 Å². The van der Waals surface area contributed by atoms with Crippen LogP contribution in [0.3, 0.4) is 0 Å². The Labute approximate surface area is 170 Å². The molecule has 6 heteroatoms. The summed E-state index contributed by atoms with van der Waals surface area (Å²) in [6.07, 6.45) is 0. The highest BCUT2D eigenvalue weighted by Crippen LogP contribution is 2.40. The van der Waals surface area contributed by atoms with Crippen molar-refractivity contribution < 1.29 is 14.6 Å². The molecule has 0 saturated carbocycles. The third kappa shape index (κ3) is 3.92. The third-order valence-corrected chi connectivity index (χ3v) is 4.85. The molecule has 0 aliphatic heterocycles. The van der Waals surface area contributed by atoms with Crippen molar-refractivity contribution >= 4 is 11.6 Å². The molecular formula is C23H27N3O3. The summed E-state index contributed by atoms with van der Waals surface area (Å²) in [6.45, 7) is 6.53. The van der Waals surface area contributed by atoms with Crippen LogP contribution >= 0.6 is 0 Å². The Hall–Kier alpha value is -3.41. The van der Waals surface area contributed by atoms with Crippen molar-refractivity contribution in [2.24, 2.45) is 0 Å². The molecule has 3 aromatic rings. The predicted molar refractivity (Wildman–Crippen MR) is 116 cm³/mol. The molecule has 152 valence electrons. The number of aromatic hydroxyl groups is 1. The van der Waals surface area contributed by atoms with E-state index in [0.29, 0.717) is 34.9 Å². The number of rotatable bonds is 6. The number of ether oxygens (including phenoxy) is 1. The van der Waals surface area contributed by atoms with E-state index < -0.39 is 0 Å². The van der Waals surface area contributed by atoms with E-state index in [1.165, 1.54) is 0 Å². The second-order valence-corrected chi connectivity index (χ2v) is 7.16. The van der Waals surface area contributed by atoms with E-state index >= 15 is 0 Å². The molecular weight excluding hydrogens is 366 g/mol. The molecule has 6 nitrogen and oxygen atoms in total. The van der Waals surface area contributed by atoms with Crippen LogP contribution in [0.5, 0.6) is 11.5 Å². The van der Waals surface area contributed by atoms with Gasteiger partial charge < -0.3 is 25.5 Å². The molecule has 0 saturated heterocycles. The number of nitrogens with two attached hydrogens (primary N) is 1. The summed E-state index contributed by atoms with van der Waals surface area (Å²) in [6, 6.07) is 14.4. The molecule has 0 spiro atoms. The average molecular weight is 393 g/mol. The van der Waals surface area contributed by atoms with Crippen LogP contribution in [0.2, 0.25) is 0 Å². The number of aromatic nitrogens is 1. The fourth-order valence-electron chi connectivity index (χ4n) is 3.40. The monoisotopic (exact) mass is 393 g/mol. The second-order valence-electron chi connectivity index (χ2n) is 7.16. The summed E-state index contributed by atoms with van der Waals surface area (Å²) < 4.78 is 7.27. The number of hydrogen-bond acceptors (Lipinski definition) is 4. The van der Waals surface area contributed by atoms with E-state index in [1.807, 2.05) is 35.8 Å². The van der Waals surface area contributed by atoms with Crippen molar-refractivity contribution in [1.82, 2.24) is 9.88 Å². The zero-order chi connectivity index (χ0) is 21.1. The first-order chi connectivity index (χ1) is 13.9. The van der Waals surface area contributed by atoms with Gasteiger partial charge in [-0.05, 0) is 60.9 Å². The first-order valence-corrected chi connectivity index (χ1v) is 9.64. The number of nitrogens with zero attached hydrogens (tertiary/aromatic N) is 1. The summed E-state index contributed by atoms with van der Waals surface area (Å²) >= 11 is 0. The Kier molecular flexibility index (Phi) is 5.82. The minimum atomic E-state index is -0.187. The van der Waals surface area contributed by atoms with Gasteiger partial charge in [0.2, 0.25) is 0 Å². The number of carbonyl (C=O) groups is 1. The zero-order valence-electron chi connectivity index (χ0n) is 17.2. The predicted octanol–water partition coefficient (Wildman–Crippen LogP) is 4.31. The van der Waals surface area contributed by atoms with Gasteiger partial charge >= 0.3 is 0 Å². The van der Waals surface area contributed by atoms with Gasteiger partial charge in [0, 0.05) is 29.5 Å². The van der Waals surface area contributed by atoms with Crippen molar-refractivity contribution in [3.8, 4) is 28.4 Å². The van der Waals surface area contributed by atoms with Gasteiger partial charge in [0.15, 0.2) is 0 Å². The molecule has 1 amide bonds. The standard InChI is InChI=1S/C23H27N3O3/c1-5-25-23(28)20-11-10-19(26(20)16-8-6-15(24)7-9-16)18-12-17(14(2)3)22(29-4)13-21(18)27/h6-14,27H,5,24H2,1-4H3,(H,25,28). The van der Waals surface area contributed by atoms with Crippen molar-refractivity contribution in [2.75, 3.05) is 19.4 Å². The first kappa shape index (κ1) is 20.3. The van der Waals surface area contributed by atoms with Gasteiger partial charge in [0.25, 0.3) is 5.91 Å². The van der Waals surface area contributed by atoms with Crippen LogP contribution in [0.15, 0.2) is 48.5 Å². The largest absolute Gasteiger partial charge is 0.507 e. The zero-order valence-corrected chi connectivity index (χ0v) is 17.2. The van der Waals surface area contributed by atoms with E-state index in [4.69, 9.17) is 10.5 Å². The fourth-order valence-corrected chi connectivity index (χ4v) is 3.40. The van der Waals surface area contributed by atoms with E-state index in [-0.39, 0.29) is 17.6 Å². The minimum absolute atomic E-state index is 0.0866. The molecule has 0 unspecified atom stereocenters. The molecule has 0 aliphatic carbocycles. The van der Waals surface area contributed by atoms with Gasteiger partial charge in [0.05, 0.1) is 12.8 Å². The van der Waals surface area contributed by atoms with Crippen molar-refractivity contribution in [1.29, 1.82) is 0 Å². The quantitative estimate of drug-likeness (QED) is 0.544. The Bertz CT molecular complexity index is 1020. The summed E-state index contributed by atoms with van der Waals surface area (Å²) in [5, 5.41) is 13.6. The molecule has 4 N–H and O–H groups in total. The van der Waals surface area contributed by atoms with Crippen LogP contribution in [-0.4, -0.2) is 29.2 Å². The first-order valence-electron chi connectivity index (χ1n) is 9.64. The van der Waals surface area contributed by atoms with Crippen LogP contribution in [0, 0.1) is 0 Å². The lowest BCUT2D eigenvalue weighted by molar-refractivity contribution is 0.0949.